The van der Waals surface area contributed by atoms with E-state index in [1.54, 1.807) is 36.9 Å². The molecule has 0 fully saturated rings. The van der Waals surface area contributed by atoms with Crippen LogP contribution >= 0.6 is 23.5 Å². The normalized spacial score (nSPS) is 16.1. The third kappa shape index (κ3) is 4.58. The van der Waals surface area contributed by atoms with E-state index in [0.29, 0.717) is 32.5 Å². The average Bonchev–Trinajstić information content (AvgIpc) is 2.73. The summed E-state index contributed by atoms with van der Waals surface area (Å²) in [4.78, 5) is 24.7. The molecule has 152 valence electrons. The first-order chi connectivity index (χ1) is 14.4. The third-order valence-electron chi connectivity index (χ3n) is 4.64. The number of hydrogen-bond donors (Lipinski definition) is 1. The number of nitriles is 1. The fourth-order valence-electron chi connectivity index (χ4n) is 3.38. The van der Waals surface area contributed by atoms with Crippen LogP contribution < -0.4 is 5.32 Å². The topological polar surface area (TPSA) is 96.0 Å². The highest BCUT2D eigenvalue weighted by Crippen LogP contribution is 2.44. The molecule has 1 aliphatic heterocycles. The van der Waals surface area contributed by atoms with E-state index in [1.807, 2.05) is 30.3 Å². The summed E-state index contributed by atoms with van der Waals surface area (Å²) in [6.45, 7) is 3.18. The Bertz CT molecular complexity index is 1090. The van der Waals surface area contributed by atoms with Crippen LogP contribution in [0.15, 0.2) is 81.4 Å². The summed E-state index contributed by atoms with van der Waals surface area (Å²) in [7, 11) is 0. The van der Waals surface area contributed by atoms with Crippen LogP contribution in [0.4, 0.5) is 5.69 Å². The van der Waals surface area contributed by atoms with Crippen molar-refractivity contribution in [2.24, 2.45) is 0 Å². The molecule has 8 heteroatoms. The zero-order valence-electron chi connectivity index (χ0n) is 16.4. The molecule has 30 heavy (non-hydrogen) atoms. The molecule has 1 aliphatic rings. The highest BCUT2D eigenvalue weighted by molar-refractivity contribution is 8.17. The molecular weight excluding hydrogens is 418 g/mol. The molecule has 0 saturated carbocycles. The van der Waals surface area contributed by atoms with Gasteiger partial charge in [-0.2, -0.15) is 5.26 Å². The van der Waals surface area contributed by atoms with Crippen molar-refractivity contribution in [3.05, 3.63) is 92.1 Å². The summed E-state index contributed by atoms with van der Waals surface area (Å²) in [6, 6.07) is 18.4. The lowest BCUT2D eigenvalue weighted by atomic mass is 9.80. The number of thioether (sulfide) groups is 2. The SMILES string of the molecule is CC(=O)C1=C(C)NC(SCSc2ccccc2)=C(C#N)C1c1ccccc1[N+](=O)[O-]. The van der Waals surface area contributed by atoms with Crippen molar-refractivity contribution in [2.75, 3.05) is 5.08 Å². The molecule has 0 saturated heterocycles. The van der Waals surface area contributed by atoms with Crippen molar-refractivity contribution < 1.29 is 9.72 Å². The monoisotopic (exact) mass is 437 g/mol. The zero-order valence-corrected chi connectivity index (χ0v) is 18.0. The molecule has 3 rings (SSSR count). The Kier molecular flexibility index (Phi) is 6.98. The van der Waals surface area contributed by atoms with Crippen LogP contribution in [0.5, 0.6) is 0 Å². The first-order valence-electron chi connectivity index (χ1n) is 9.11. The molecule has 0 spiro atoms. The fourth-order valence-corrected chi connectivity index (χ4v) is 5.52. The molecule has 0 aliphatic carbocycles. The molecule has 0 aromatic heterocycles. The molecule has 1 heterocycles. The van der Waals surface area contributed by atoms with Gasteiger partial charge in [-0.1, -0.05) is 48.2 Å². The molecule has 6 nitrogen and oxygen atoms in total. The first kappa shape index (κ1) is 21.7. The van der Waals surface area contributed by atoms with Crippen LogP contribution in [0.3, 0.4) is 0 Å². The number of para-hydroxylation sites is 1. The van der Waals surface area contributed by atoms with Crippen LogP contribution in [-0.2, 0) is 4.79 Å². The van der Waals surface area contributed by atoms with Gasteiger partial charge >= 0.3 is 0 Å². The van der Waals surface area contributed by atoms with E-state index in [4.69, 9.17) is 0 Å². The van der Waals surface area contributed by atoms with Crippen LogP contribution in [0.25, 0.3) is 0 Å². The van der Waals surface area contributed by atoms with Crippen molar-refractivity contribution in [1.29, 1.82) is 5.26 Å². The van der Waals surface area contributed by atoms with E-state index >= 15 is 0 Å². The third-order valence-corrected chi connectivity index (χ3v) is 6.80. The average molecular weight is 438 g/mol. The van der Waals surface area contributed by atoms with Crippen LogP contribution in [-0.4, -0.2) is 15.8 Å². The Balaban J connectivity index is 2.01. The molecule has 2 aromatic carbocycles. The molecule has 1 unspecified atom stereocenters. The molecule has 1 atom stereocenters. The van der Waals surface area contributed by atoms with Crippen molar-refractivity contribution in [1.82, 2.24) is 5.32 Å². The van der Waals surface area contributed by atoms with E-state index in [2.05, 4.69) is 11.4 Å². The van der Waals surface area contributed by atoms with Gasteiger partial charge in [-0.15, -0.1) is 11.8 Å². The Morgan fingerprint density at radius 3 is 2.47 bits per heavy atom. The Hall–Kier alpha value is -3.02. The molecule has 0 radical (unpaired) electrons. The van der Waals surface area contributed by atoms with Crippen LogP contribution in [0.1, 0.15) is 25.3 Å². The molecule has 0 bridgehead atoms. The van der Waals surface area contributed by atoms with Gasteiger partial charge in [0.2, 0.25) is 0 Å². The summed E-state index contributed by atoms with van der Waals surface area (Å²) in [5, 5.41) is 26.0. The maximum Gasteiger partial charge on any atom is 0.273 e. The van der Waals surface area contributed by atoms with Gasteiger partial charge < -0.3 is 5.32 Å². The maximum atomic E-state index is 12.4. The van der Waals surface area contributed by atoms with E-state index < -0.39 is 10.8 Å². The van der Waals surface area contributed by atoms with Crippen molar-refractivity contribution in [3.63, 3.8) is 0 Å². The number of nitro benzene ring substituents is 1. The Labute approximate surface area is 183 Å². The number of ketones is 1. The van der Waals surface area contributed by atoms with Gasteiger partial charge in [0, 0.05) is 27.8 Å². The Morgan fingerprint density at radius 1 is 1.17 bits per heavy atom. The number of carbonyl (C=O) groups is 1. The van der Waals surface area contributed by atoms with Gasteiger partial charge in [0.25, 0.3) is 5.69 Å². The second kappa shape index (κ2) is 9.65. The van der Waals surface area contributed by atoms with Gasteiger partial charge in [-0.3, -0.25) is 14.9 Å². The number of rotatable bonds is 7. The van der Waals surface area contributed by atoms with E-state index in [1.165, 1.54) is 24.8 Å². The predicted octanol–water partition coefficient (Wildman–Crippen LogP) is 5.36. The lowest BCUT2D eigenvalue weighted by Gasteiger charge is -2.29. The maximum absolute atomic E-state index is 12.4. The van der Waals surface area contributed by atoms with Crippen molar-refractivity contribution >= 4 is 35.0 Å². The number of benzene rings is 2. The summed E-state index contributed by atoms with van der Waals surface area (Å²) in [5.41, 5.74) is 1.54. The molecule has 1 N–H and O–H groups in total. The number of hydrogen-bond acceptors (Lipinski definition) is 7. The second-order valence-electron chi connectivity index (χ2n) is 6.54. The lowest BCUT2D eigenvalue weighted by Crippen LogP contribution is -2.27. The quantitative estimate of drug-likeness (QED) is 0.269. The first-order valence-corrected chi connectivity index (χ1v) is 11.1. The summed E-state index contributed by atoms with van der Waals surface area (Å²) >= 11 is 3.08. The molecule has 0 amide bonds. The number of Topliss-reactive ketones (excluding diaryl/α,β-unsaturated/α-hetero) is 1. The largest absolute Gasteiger partial charge is 0.353 e. The van der Waals surface area contributed by atoms with Gasteiger partial charge in [0.1, 0.15) is 0 Å². The highest BCUT2D eigenvalue weighted by Gasteiger charge is 2.36. The summed E-state index contributed by atoms with van der Waals surface area (Å²) < 4.78 is 0. The lowest BCUT2D eigenvalue weighted by molar-refractivity contribution is -0.385. The van der Waals surface area contributed by atoms with Crippen LogP contribution in [0.2, 0.25) is 0 Å². The van der Waals surface area contributed by atoms with Crippen LogP contribution in [0, 0.1) is 21.4 Å². The van der Waals surface area contributed by atoms with Gasteiger partial charge in [-0.25, -0.2) is 0 Å². The van der Waals surface area contributed by atoms with Gasteiger partial charge in [0.15, 0.2) is 5.78 Å². The number of nitrogens with one attached hydrogen (secondary N) is 1. The minimum atomic E-state index is -0.778. The predicted molar refractivity (Wildman–Crippen MR) is 120 cm³/mol. The number of dihydropyridines is 1. The molecular formula is C22H19N3O3S2. The number of nitro groups is 1. The zero-order chi connectivity index (χ0) is 21.7. The summed E-state index contributed by atoms with van der Waals surface area (Å²) in [5.74, 6) is -1.00. The number of nitrogens with zero attached hydrogens (tertiary/aromatic N) is 2. The van der Waals surface area contributed by atoms with Crippen molar-refractivity contribution in [2.45, 2.75) is 24.7 Å². The second-order valence-corrected chi connectivity index (χ2v) is 8.94. The van der Waals surface area contributed by atoms with E-state index in [-0.39, 0.29) is 11.5 Å². The minimum absolute atomic E-state index is 0.105. The van der Waals surface area contributed by atoms with Gasteiger partial charge in [-0.05, 0) is 26.0 Å². The summed E-state index contributed by atoms with van der Waals surface area (Å²) in [6.07, 6.45) is 0. The van der Waals surface area contributed by atoms with E-state index in [9.17, 15) is 20.2 Å². The van der Waals surface area contributed by atoms with E-state index in [0.717, 1.165) is 4.90 Å². The standard InChI is InChI=1S/C22H19N3O3S2/c1-14-20(15(2)26)21(17-10-6-7-11-19(17)25(27)28)18(12-23)22(24-14)30-13-29-16-8-4-3-5-9-16/h3-11,21,24H,13H2,1-2H3. The highest BCUT2D eigenvalue weighted by atomic mass is 32.2. The fraction of sp³-hybridized carbons (Fsp3) is 0.182. The van der Waals surface area contributed by atoms with Gasteiger partial charge in [0.05, 0.1) is 32.6 Å². The Morgan fingerprint density at radius 2 is 1.83 bits per heavy atom. The number of allylic oxidation sites excluding steroid dienone is 3. The smallest absolute Gasteiger partial charge is 0.273 e. The molecule has 2 aromatic rings. The number of carbonyl (C=O) groups excluding carboxylic acids is 1. The van der Waals surface area contributed by atoms with Crippen molar-refractivity contribution in [3.8, 4) is 6.07 Å². The minimum Gasteiger partial charge on any atom is -0.353 e.